The Labute approximate surface area is 123 Å². The Bertz CT molecular complexity index is 444. The van der Waals surface area contributed by atoms with Crippen LogP contribution >= 0.6 is 15.9 Å². The minimum absolute atomic E-state index is 0.00500. The molecule has 0 bridgehead atoms. The predicted molar refractivity (Wildman–Crippen MR) is 79.7 cm³/mol. The van der Waals surface area contributed by atoms with Crippen molar-refractivity contribution in [2.45, 2.75) is 63.4 Å². The quantitative estimate of drug-likeness (QED) is 0.864. The zero-order valence-corrected chi connectivity index (χ0v) is 13.2. The van der Waals surface area contributed by atoms with E-state index in [2.05, 4.69) is 33.3 Å². The number of hydrogen-bond acceptors (Lipinski definition) is 2. The average molecular weight is 328 g/mol. The maximum absolute atomic E-state index is 12.4. The maximum atomic E-state index is 12.4. The second-order valence-corrected chi connectivity index (χ2v) is 6.25. The number of halogens is 1. The van der Waals surface area contributed by atoms with E-state index in [1.807, 2.05) is 13.0 Å². The molecule has 0 spiro atoms. The molecule has 5 heteroatoms. The largest absolute Gasteiger partial charge is 0.347 e. The third-order valence-electron chi connectivity index (χ3n) is 3.72. The van der Waals surface area contributed by atoms with Crippen LogP contribution in [0, 0.1) is 0 Å². The summed E-state index contributed by atoms with van der Waals surface area (Å²) in [5.41, 5.74) is 1.66. The second kappa shape index (κ2) is 6.55. The van der Waals surface area contributed by atoms with Crippen molar-refractivity contribution in [3.05, 3.63) is 17.5 Å². The fraction of sp³-hybridized carbons (Fsp3) is 0.714. The van der Waals surface area contributed by atoms with Gasteiger partial charge in [-0.25, -0.2) is 0 Å². The van der Waals surface area contributed by atoms with Gasteiger partial charge in [0.2, 0.25) is 0 Å². The summed E-state index contributed by atoms with van der Waals surface area (Å²) in [5, 5.41) is 7.57. The monoisotopic (exact) mass is 327 g/mol. The lowest BCUT2D eigenvalue weighted by molar-refractivity contribution is 0.0919. The van der Waals surface area contributed by atoms with E-state index in [0.29, 0.717) is 10.5 Å². The number of rotatable bonds is 4. The van der Waals surface area contributed by atoms with E-state index in [1.165, 1.54) is 12.8 Å². The number of aryl methyl sites for hydroxylation is 2. The molecular weight excluding hydrogens is 306 g/mol. The molecule has 0 aromatic carbocycles. The summed E-state index contributed by atoms with van der Waals surface area (Å²) in [5.74, 6) is 0.00500. The molecule has 1 N–H and O–H groups in total. The van der Waals surface area contributed by atoms with E-state index < -0.39 is 0 Å². The molecule has 1 aromatic heterocycles. The fourth-order valence-corrected chi connectivity index (χ4v) is 3.28. The summed E-state index contributed by atoms with van der Waals surface area (Å²) in [6.45, 7) is 4.79. The number of nitrogens with one attached hydrogen (secondary N) is 1. The third-order valence-corrected chi connectivity index (χ3v) is 4.82. The van der Waals surface area contributed by atoms with Crippen LogP contribution in [-0.2, 0) is 13.0 Å². The van der Waals surface area contributed by atoms with Gasteiger partial charge < -0.3 is 5.32 Å². The van der Waals surface area contributed by atoms with Crippen molar-refractivity contribution >= 4 is 21.8 Å². The highest BCUT2D eigenvalue weighted by molar-refractivity contribution is 9.09. The number of carbonyl (C=O) groups excluding carboxylic acids is 1. The van der Waals surface area contributed by atoms with Crippen molar-refractivity contribution in [3.8, 4) is 0 Å². The first-order valence-electron chi connectivity index (χ1n) is 7.17. The summed E-state index contributed by atoms with van der Waals surface area (Å²) < 4.78 is 1.79. The molecule has 1 amide bonds. The molecule has 4 nitrogen and oxygen atoms in total. The first kappa shape index (κ1) is 14.6. The molecule has 0 saturated heterocycles. The van der Waals surface area contributed by atoms with Gasteiger partial charge in [-0.2, -0.15) is 5.10 Å². The Kier molecular flexibility index (Phi) is 5.02. The van der Waals surface area contributed by atoms with Crippen LogP contribution in [-0.4, -0.2) is 26.6 Å². The molecule has 2 atom stereocenters. The molecule has 1 aromatic rings. The van der Waals surface area contributed by atoms with Crippen LogP contribution in [0.25, 0.3) is 0 Å². The van der Waals surface area contributed by atoms with Gasteiger partial charge in [-0.1, -0.05) is 35.7 Å². The lowest BCUT2D eigenvalue weighted by Gasteiger charge is -2.28. The van der Waals surface area contributed by atoms with E-state index in [1.54, 1.807) is 4.68 Å². The number of carbonyl (C=O) groups is 1. The molecule has 1 aliphatic rings. The van der Waals surface area contributed by atoms with Crippen molar-refractivity contribution in [1.82, 2.24) is 15.1 Å². The Balaban J connectivity index is 2.08. The Morgan fingerprint density at radius 1 is 1.47 bits per heavy atom. The van der Waals surface area contributed by atoms with Crippen LogP contribution in [0.5, 0.6) is 0 Å². The molecule has 106 valence electrons. The number of nitrogens with zero attached hydrogens (tertiary/aromatic N) is 2. The van der Waals surface area contributed by atoms with Crippen LogP contribution in [0.15, 0.2) is 6.07 Å². The highest BCUT2D eigenvalue weighted by Crippen LogP contribution is 2.24. The minimum atomic E-state index is 0.00500. The van der Waals surface area contributed by atoms with Gasteiger partial charge in [0, 0.05) is 17.4 Å². The molecule has 0 radical (unpaired) electrons. The van der Waals surface area contributed by atoms with E-state index in [4.69, 9.17) is 0 Å². The zero-order chi connectivity index (χ0) is 13.8. The van der Waals surface area contributed by atoms with Gasteiger partial charge in [0.05, 0.1) is 5.69 Å². The van der Waals surface area contributed by atoms with Crippen LogP contribution in [0.3, 0.4) is 0 Å². The fourth-order valence-electron chi connectivity index (χ4n) is 2.56. The lowest BCUT2D eigenvalue weighted by atomic mass is 9.95. The Morgan fingerprint density at radius 2 is 2.21 bits per heavy atom. The van der Waals surface area contributed by atoms with Gasteiger partial charge in [0.1, 0.15) is 5.69 Å². The molecule has 2 unspecified atom stereocenters. The van der Waals surface area contributed by atoms with Crippen LogP contribution < -0.4 is 5.32 Å². The van der Waals surface area contributed by atoms with E-state index >= 15 is 0 Å². The summed E-state index contributed by atoms with van der Waals surface area (Å²) >= 11 is 3.67. The molecule has 1 saturated carbocycles. The summed E-state index contributed by atoms with van der Waals surface area (Å²) in [4.78, 5) is 12.8. The maximum Gasteiger partial charge on any atom is 0.269 e. The van der Waals surface area contributed by atoms with E-state index in [0.717, 1.165) is 31.5 Å². The number of hydrogen-bond donors (Lipinski definition) is 1. The predicted octanol–water partition coefficient (Wildman–Crippen LogP) is 2.90. The lowest BCUT2D eigenvalue weighted by Crippen LogP contribution is -2.43. The van der Waals surface area contributed by atoms with Crippen LogP contribution in [0.1, 0.15) is 55.7 Å². The highest BCUT2D eigenvalue weighted by atomic mass is 79.9. The third kappa shape index (κ3) is 3.38. The van der Waals surface area contributed by atoms with Gasteiger partial charge >= 0.3 is 0 Å². The van der Waals surface area contributed by atoms with Gasteiger partial charge in [0.25, 0.3) is 5.91 Å². The molecule has 0 aliphatic heterocycles. The molecular formula is C14H22BrN3O. The second-order valence-electron chi connectivity index (χ2n) is 5.07. The SMILES string of the molecule is CCc1cc(C(=O)NC2CCCCC2Br)n(CC)n1. The number of amides is 1. The topological polar surface area (TPSA) is 46.9 Å². The molecule has 1 fully saturated rings. The standard InChI is InChI=1S/C14H22BrN3O/c1-3-10-9-13(18(4-2)17-10)14(19)16-12-8-6-5-7-11(12)15/h9,11-12H,3-8H2,1-2H3,(H,16,19). The first-order valence-corrected chi connectivity index (χ1v) is 8.09. The summed E-state index contributed by atoms with van der Waals surface area (Å²) in [6, 6.07) is 2.15. The smallest absolute Gasteiger partial charge is 0.269 e. The summed E-state index contributed by atoms with van der Waals surface area (Å²) in [6.07, 6.45) is 5.49. The van der Waals surface area contributed by atoms with E-state index in [9.17, 15) is 4.79 Å². The van der Waals surface area contributed by atoms with Crippen LogP contribution in [0.2, 0.25) is 0 Å². The van der Waals surface area contributed by atoms with Crippen molar-refractivity contribution in [2.24, 2.45) is 0 Å². The molecule has 1 heterocycles. The van der Waals surface area contributed by atoms with Crippen LogP contribution in [0.4, 0.5) is 0 Å². The highest BCUT2D eigenvalue weighted by Gasteiger charge is 2.25. The Morgan fingerprint density at radius 3 is 2.84 bits per heavy atom. The number of alkyl halides is 1. The van der Waals surface area contributed by atoms with Crippen molar-refractivity contribution in [1.29, 1.82) is 0 Å². The molecule has 1 aliphatic carbocycles. The normalized spacial score (nSPS) is 23.3. The van der Waals surface area contributed by atoms with Gasteiger partial charge in [0.15, 0.2) is 0 Å². The van der Waals surface area contributed by atoms with Gasteiger partial charge in [-0.05, 0) is 32.3 Å². The van der Waals surface area contributed by atoms with Crippen molar-refractivity contribution in [2.75, 3.05) is 0 Å². The summed E-state index contributed by atoms with van der Waals surface area (Å²) in [7, 11) is 0. The number of aromatic nitrogens is 2. The van der Waals surface area contributed by atoms with Gasteiger partial charge in [-0.3, -0.25) is 9.48 Å². The Hall–Kier alpha value is -0.840. The van der Waals surface area contributed by atoms with Crippen molar-refractivity contribution in [3.63, 3.8) is 0 Å². The van der Waals surface area contributed by atoms with Gasteiger partial charge in [-0.15, -0.1) is 0 Å². The zero-order valence-electron chi connectivity index (χ0n) is 11.7. The molecule has 19 heavy (non-hydrogen) atoms. The molecule has 2 rings (SSSR count). The average Bonchev–Trinajstić information content (AvgIpc) is 2.84. The first-order chi connectivity index (χ1) is 9.15. The van der Waals surface area contributed by atoms with E-state index in [-0.39, 0.29) is 11.9 Å². The minimum Gasteiger partial charge on any atom is -0.347 e. The van der Waals surface area contributed by atoms with Crippen molar-refractivity contribution < 1.29 is 4.79 Å².